The third kappa shape index (κ3) is 2.40. The van der Waals surface area contributed by atoms with Gasteiger partial charge in [-0.05, 0) is 18.4 Å². The minimum atomic E-state index is 0.527. The van der Waals surface area contributed by atoms with Crippen LogP contribution >= 0.6 is 0 Å². The van der Waals surface area contributed by atoms with E-state index in [9.17, 15) is 0 Å². The molecule has 2 aromatic rings. The first kappa shape index (κ1) is 11.3. The molecule has 0 bridgehead atoms. The SMILES string of the molecule is c1ccc(C2CCCCC2Nc2cn[nH]c2)cc1. The standard InChI is InChI=1S/C15H19N3/c1-2-6-12(7-3-1)14-8-4-5-9-15(14)18-13-10-16-17-11-13/h1-3,6-7,10-11,14-15,18H,4-5,8-9H2,(H,16,17). The molecule has 0 amide bonds. The molecule has 0 aliphatic heterocycles. The molecule has 1 aromatic heterocycles. The van der Waals surface area contributed by atoms with Crippen LogP contribution in [0.3, 0.4) is 0 Å². The van der Waals surface area contributed by atoms with Crippen LogP contribution in [-0.4, -0.2) is 16.2 Å². The van der Waals surface area contributed by atoms with E-state index in [2.05, 4.69) is 45.8 Å². The van der Waals surface area contributed by atoms with Gasteiger partial charge in [0.2, 0.25) is 0 Å². The molecule has 1 aliphatic carbocycles. The number of anilines is 1. The van der Waals surface area contributed by atoms with Gasteiger partial charge in [-0.15, -0.1) is 0 Å². The zero-order valence-electron chi connectivity index (χ0n) is 10.5. The molecule has 1 aromatic carbocycles. The number of nitrogens with zero attached hydrogens (tertiary/aromatic N) is 1. The summed E-state index contributed by atoms with van der Waals surface area (Å²) in [7, 11) is 0. The fourth-order valence-electron chi connectivity index (χ4n) is 2.95. The van der Waals surface area contributed by atoms with E-state index in [1.54, 1.807) is 0 Å². The van der Waals surface area contributed by atoms with Gasteiger partial charge in [-0.25, -0.2) is 0 Å². The molecule has 3 nitrogen and oxygen atoms in total. The summed E-state index contributed by atoms with van der Waals surface area (Å²) < 4.78 is 0. The highest BCUT2D eigenvalue weighted by Gasteiger charge is 2.26. The van der Waals surface area contributed by atoms with Crippen molar-refractivity contribution in [2.45, 2.75) is 37.6 Å². The predicted octanol–water partition coefficient (Wildman–Crippen LogP) is 3.55. The van der Waals surface area contributed by atoms with Crippen molar-refractivity contribution in [3.05, 3.63) is 48.3 Å². The Morgan fingerprint density at radius 3 is 2.72 bits per heavy atom. The van der Waals surface area contributed by atoms with Crippen LogP contribution in [0.4, 0.5) is 5.69 Å². The summed E-state index contributed by atoms with van der Waals surface area (Å²) in [5.74, 6) is 0.620. The van der Waals surface area contributed by atoms with E-state index in [0.717, 1.165) is 5.69 Å². The summed E-state index contributed by atoms with van der Waals surface area (Å²) in [5.41, 5.74) is 2.56. The van der Waals surface area contributed by atoms with Crippen molar-refractivity contribution in [1.29, 1.82) is 0 Å². The van der Waals surface area contributed by atoms with Gasteiger partial charge in [0, 0.05) is 18.2 Å². The minimum absolute atomic E-state index is 0.527. The first-order chi connectivity index (χ1) is 8.93. The molecule has 94 valence electrons. The number of benzene rings is 1. The van der Waals surface area contributed by atoms with Gasteiger partial charge < -0.3 is 5.32 Å². The molecular formula is C15H19N3. The molecule has 0 radical (unpaired) electrons. The lowest BCUT2D eigenvalue weighted by molar-refractivity contribution is 0.405. The van der Waals surface area contributed by atoms with Gasteiger partial charge in [-0.3, -0.25) is 5.10 Å². The highest BCUT2D eigenvalue weighted by molar-refractivity contribution is 5.40. The van der Waals surface area contributed by atoms with Crippen molar-refractivity contribution in [3.63, 3.8) is 0 Å². The van der Waals surface area contributed by atoms with Crippen LogP contribution in [0, 0.1) is 0 Å². The van der Waals surface area contributed by atoms with Crippen LogP contribution < -0.4 is 5.32 Å². The van der Waals surface area contributed by atoms with Crippen LogP contribution in [0.5, 0.6) is 0 Å². The summed E-state index contributed by atoms with van der Waals surface area (Å²) in [6.45, 7) is 0. The third-order valence-corrected chi connectivity index (χ3v) is 3.84. The average molecular weight is 241 g/mol. The van der Waals surface area contributed by atoms with Gasteiger partial charge in [-0.2, -0.15) is 5.10 Å². The van der Waals surface area contributed by atoms with E-state index in [1.165, 1.54) is 31.2 Å². The van der Waals surface area contributed by atoms with Crippen LogP contribution in [0.25, 0.3) is 0 Å². The highest BCUT2D eigenvalue weighted by atomic mass is 15.1. The minimum Gasteiger partial charge on any atom is -0.379 e. The zero-order valence-corrected chi connectivity index (χ0v) is 10.5. The van der Waals surface area contributed by atoms with Gasteiger partial charge in [0.1, 0.15) is 0 Å². The smallest absolute Gasteiger partial charge is 0.0726 e. The predicted molar refractivity (Wildman–Crippen MR) is 73.6 cm³/mol. The number of hydrogen-bond donors (Lipinski definition) is 2. The van der Waals surface area contributed by atoms with Crippen molar-refractivity contribution >= 4 is 5.69 Å². The quantitative estimate of drug-likeness (QED) is 0.862. The Labute approximate surface area is 108 Å². The molecule has 1 aliphatic rings. The van der Waals surface area contributed by atoms with Crippen LogP contribution in [0.2, 0.25) is 0 Å². The average Bonchev–Trinajstić information content (AvgIpc) is 2.93. The van der Waals surface area contributed by atoms with E-state index < -0.39 is 0 Å². The lowest BCUT2D eigenvalue weighted by atomic mass is 9.80. The van der Waals surface area contributed by atoms with E-state index >= 15 is 0 Å². The van der Waals surface area contributed by atoms with Crippen molar-refractivity contribution in [1.82, 2.24) is 10.2 Å². The fourth-order valence-corrected chi connectivity index (χ4v) is 2.95. The molecule has 18 heavy (non-hydrogen) atoms. The van der Waals surface area contributed by atoms with Crippen LogP contribution in [0.15, 0.2) is 42.7 Å². The number of hydrogen-bond acceptors (Lipinski definition) is 2. The maximum Gasteiger partial charge on any atom is 0.0726 e. The summed E-state index contributed by atoms with van der Waals surface area (Å²) in [6, 6.07) is 11.4. The number of aromatic nitrogens is 2. The maximum atomic E-state index is 4.00. The Bertz CT molecular complexity index is 464. The maximum absolute atomic E-state index is 4.00. The number of nitrogens with one attached hydrogen (secondary N) is 2. The molecule has 2 atom stereocenters. The second kappa shape index (κ2) is 5.25. The summed E-state index contributed by atoms with van der Waals surface area (Å²) in [4.78, 5) is 0. The lowest BCUT2D eigenvalue weighted by Crippen LogP contribution is -2.30. The normalized spacial score (nSPS) is 23.8. The van der Waals surface area contributed by atoms with Gasteiger partial charge in [0.25, 0.3) is 0 Å². The van der Waals surface area contributed by atoms with Gasteiger partial charge in [0.05, 0.1) is 11.9 Å². The van der Waals surface area contributed by atoms with Crippen LogP contribution in [0.1, 0.15) is 37.2 Å². The Balaban J connectivity index is 1.78. The second-order valence-corrected chi connectivity index (χ2v) is 5.04. The van der Waals surface area contributed by atoms with Crippen LogP contribution in [-0.2, 0) is 0 Å². The molecule has 1 fully saturated rings. The fraction of sp³-hybridized carbons (Fsp3) is 0.400. The molecule has 0 spiro atoms. The van der Waals surface area contributed by atoms with E-state index in [-0.39, 0.29) is 0 Å². The Kier molecular flexibility index (Phi) is 3.31. The Morgan fingerprint density at radius 2 is 1.94 bits per heavy atom. The van der Waals surface area contributed by atoms with Crippen molar-refractivity contribution < 1.29 is 0 Å². The molecule has 1 saturated carbocycles. The molecule has 0 saturated heterocycles. The zero-order chi connectivity index (χ0) is 12.2. The monoisotopic (exact) mass is 241 g/mol. The van der Waals surface area contributed by atoms with E-state index in [1.807, 2.05) is 12.4 Å². The van der Waals surface area contributed by atoms with Gasteiger partial charge in [-0.1, -0.05) is 43.2 Å². The van der Waals surface area contributed by atoms with Crippen molar-refractivity contribution in [3.8, 4) is 0 Å². The molecular weight excluding hydrogens is 222 g/mol. The first-order valence-corrected chi connectivity index (χ1v) is 6.74. The molecule has 3 heteroatoms. The number of aromatic amines is 1. The first-order valence-electron chi connectivity index (χ1n) is 6.74. The summed E-state index contributed by atoms with van der Waals surface area (Å²) in [5, 5.41) is 10.5. The summed E-state index contributed by atoms with van der Waals surface area (Å²) in [6.07, 6.45) is 8.96. The Morgan fingerprint density at radius 1 is 1.11 bits per heavy atom. The van der Waals surface area contributed by atoms with Crippen molar-refractivity contribution in [2.24, 2.45) is 0 Å². The van der Waals surface area contributed by atoms with E-state index in [0.29, 0.717) is 12.0 Å². The molecule has 1 heterocycles. The largest absolute Gasteiger partial charge is 0.379 e. The Hall–Kier alpha value is -1.77. The molecule has 2 unspecified atom stereocenters. The summed E-state index contributed by atoms with van der Waals surface area (Å²) >= 11 is 0. The van der Waals surface area contributed by atoms with Crippen molar-refractivity contribution in [2.75, 3.05) is 5.32 Å². The molecule has 2 N–H and O–H groups in total. The molecule has 3 rings (SSSR count). The highest BCUT2D eigenvalue weighted by Crippen LogP contribution is 2.34. The lowest BCUT2D eigenvalue weighted by Gasteiger charge is -2.32. The van der Waals surface area contributed by atoms with Gasteiger partial charge >= 0.3 is 0 Å². The second-order valence-electron chi connectivity index (χ2n) is 5.04. The number of rotatable bonds is 3. The third-order valence-electron chi connectivity index (χ3n) is 3.84. The van der Waals surface area contributed by atoms with Gasteiger partial charge in [0.15, 0.2) is 0 Å². The topological polar surface area (TPSA) is 40.7 Å². The van der Waals surface area contributed by atoms with E-state index in [4.69, 9.17) is 0 Å². The number of H-pyrrole nitrogens is 1.